The van der Waals surface area contributed by atoms with E-state index in [1.165, 1.54) is 29.3 Å². The minimum Gasteiger partial charge on any atom is -0.210 e. The van der Waals surface area contributed by atoms with Crippen LogP contribution in [-0.4, -0.2) is 20.7 Å². The standard InChI is InChI=1S/C16H18FNO2S2/c1-12-7-8-14(11-13(12)2)21-10-9-18-22(19,20)16-6-4-3-5-15(16)17/h3-8,11,18H,9-10H2,1-2H3. The summed E-state index contributed by atoms with van der Waals surface area (Å²) in [5.74, 6) is -0.160. The molecule has 2 rings (SSSR count). The number of nitrogens with one attached hydrogen (secondary N) is 1. The molecule has 0 aliphatic carbocycles. The van der Waals surface area contributed by atoms with Crippen molar-refractivity contribution in [1.29, 1.82) is 0 Å². The monoisotopic (exact) mass is 339 g/mol. The van der Waals surface area contributed by atoms with Gasteiger partial charge in [-0.15, -0.1) is 11.8 Å². The predicted octanol–water partition coefficient (Wildman–Crippen LogP) is 3.51. The summed E-state index contributed by atoms with van der Waals surface area (Å²) in [4.78, 5) is 0.777. The molecule has 22 heavy (non-hydrogen) atoms. The average molecular weight is 339 g/mol. The van der Waals surface area contributed by atoms with Crippen LogP contribution in [0.1, 0.15) is 11.1 Å². The lowest BCUT2D eigenvalue weighted by molar-refractivity contribution is 0.559. The van der Waals surface area contributed by atoms with Gasteiger partial charge in [-0.05, 0) is 49.2 Å². The second-order valence-electron chi connectivity index (χ2n) is 4.92. The maximum Gasteiger partial charge on any atom is 0.243 e. The molecule has 0 fully saturated rings. The molecule has 2 aromatic rings. The van der Waals surface area contributed by atoms with Crippen LogP contribution in [0.4, 0.5) is 4.39 Å². The summed E-state index contributed by atoms with van der Waals surface area (Å²) in [7, 11) is -3.80. The molecule has 0 heterocycles. The summed E-state index contributed by atoms with van der Waals surface area (Å²) >= 11 is 1.56. The maximum absolute atomic E-state index is 13.5. The van der Waals surface area contributed by atoms with E-state index in [4.69, 9.17) is 0 Å². The van der Waals surface area contributed by atoms with Crippen LogP contribution in [0.5, 0.6) is 0 Å². The third-order valence-corrected chi connectivity index (χ3v) is 5.76. The maximum atomic E-state index is 13.5. The van der Waals surface area contributed by atoms with E-state index < -0.39 is 15.8 Å². The third-order valence-electron chi connectivity index (χ3n) is 3.27. The first kappa shape index (κ1) is 17.0. The van der Waals surface area contributed by atoms with Gasteiger partial charge in [0.25, 0.3) is 0 Å². The Balaban J connectivity index is 1.91. The van der Waals surface area contributed by atoms with Crippen LogP contribution >= 0.6 is 11.8 Å². The van der Waals surface area contributed by atoms with Crippen LogP contribution in [0.2, 0.25) is 0 Å². The summed E-state index contributed by atoms with van der Waals surface area (Å²) in [6.45, 7) is 4.33. The molecule has 2 aromatic carbocycles. The normalized spacial score (nSPS) is 11.6. The Labute approximate surface area is 135 Å². The first-order valence-corrected chi connectivity index (χ1v) is 9.31. The average Bonchev–Trinajstić information content (AvgIpc) is 2.47. The molecule has 3 nitrogen and oxygen atoms in total. The van der Waals surface area contributed by atoms with Gasteiger partial charge in [0.1, 0.15) is 10.7 Å². The van der Waals surface area contributed by atoms with Crippen molar-refractivity contribution >= 4 is 21.8 Å². The summed E-state index contributed by atoms with van der Waals surface area (Å²) in [6, 6.07) is 11.5. The highest BCUT2D eigenvalue weighted by molar-refractivity contribution is 7.99. The molecule has 0 aliphatic heterocycles. The molecule has 0 unspecified atom stereocenters. The topological polar surface area (TPSA) is 46.2 Å². The fourth-order valence-corrected chi connectivity index (χ4v) is 3.99. The van der Waals surface area contributed by atoms with Gasteiger partial charge in [-0.3, -0.25) is 0 Å². The van der Waals surface area contributed by atoms with Crippen LogP contribution < -0.4 is 4.72 Å². The fourth-order valence-electron chi connectivity index (χ4n) is 1.89. The van der Waals surface area contributed by atoms with Crippen molar-refractivity contribution in [2.75, 3.05) is 12.3 Å². The Morgan fingerprint density at radius 3 is 2.50 bits per heavy atom. The Bertz CT molecular complexity index is 760. The first-order valence-electron chi connectivity index (χ1n) is 6.84. The van der Waals surface area contributed by atoms with Gasteiger partial charge in [-0.1, -0.05) is 18.2 Å². The van der Waals surface area contributed by atoms with E-state index in [-0.39, 0.29) is 11.4 Å². The second kappa shape index (κ2) is 7.26. The molecule has 0 amide bonds. The smallest absolute Gasteiger partial charge is 0.210 e. The van der Waals surface area contributed by atoms with Gasteiger partial charge in [-0.25, -0.2) is 17.5 Å². The summed E-state index contributed by atoms with van der Waals surface area (Å²) in [6.07, 6.45) is 0. The Morgan fingerprint density at radius 2 is 1.82 bits per heavy atom. The number of rotatable bonds is 6. The molecule has 0 spiro atoms. The number of sulfonamides is 1. The molecule has 0 saturated carbocycles. The molecule has 0 aliphatic rings. The van der Waals surface area contributed by atoms with Crippen molar-refractivity contribution in [3.8, 4) is 0 Å². The molecule has 118 valence electrons. The van der Waals surface area contributed by atoms with Crippen molar-refractivity contribution in [1.82, 2.24) is 4.72 Å². The lowest BCUT2D eigenvalue weighted by Gasteiger charge is -2.08. The predicted molar refractivity (Wildman–Crippen MR) is 88.2 cm³/mol. The number of aryl methyl sites for hydroxylation is 2. The number of thioether (sulfide) groups is 1. The highest BCUT2D eigenvalue weighted by atomic mass is 32.2. The number of halogens is 1. The van der Waals surface area contributed by atoms with E-state index in [0.717, 1.165) is 11.0 Å². The van der Waals surface area contributed by atoms with Crippen molar-refractivity contribution in [3.63, 3.8) is 0 Å². The summed E-state index contributed by atoms with van der Waals surface area (Å²) in [5, 5.41) is 0. The zero-order valence-corrected chi connectivity index (χ0v) is 14.1. The molecule has 0 atom stereocenters. The highest BCUT2D eigenvalue weighted by Gasteiger charge is 2.17. The van der Waals surface area contributed by atoms with E-state index in [1.807, 2.05) is 26.0 Å². The molecule has 1 N–H and O–H groups in total. The van der Waals surface area contributed by atoms with E-state index in [2.05, 4.69) is 10.8 Å². The molecular weight excluding hydrogens is 321 g/mol. The van der Waals surface area contributed by atoms with Crippen molar-refractivity contribution in [3.05, 3.63) is 59.4 Å². The SMILES string of the molecule is Cc1ccc(SCCNS(=O)(=O)c2ccccc2F)cc1C. The van der Waals surface area contributed by atoms with Crippen molar-refractivity contribution in [2.45, 2.75) is 23.6 Å². The molecular formula is C16H18FNO2S2. The number of hydrogen-bond donors (Lipinski definition) is 1. The highest BCUT2D eigenvalue weighted by Crippen LogP contribution is 2.21. The van der Waals surface area contributed by atoms with Gasteiger partial charge < -0.3 is 0 Å². The largest absolute Gasteiger partial charge is 0.243 e. The van der Waals surface area contributed by atoms with Crippen molar-refractivity contribution in [2.24, 2.45) is 0 Å². The second-order valence-corrected chi connectivity index (χ2v) is 7.83. The van der Waals surface area contributed by atoms with E-state index in [1.54, 1.807) is 11.8 Å². The fraction of sp³-hybridized carbons (Fsp3) is 0.250. The Morgan fingerprint density at radius 1 is 1.09 bits per heavy atom. The Hall–Kier alpha value is -1.37. The third kappa shape index (κ3) is 4.32. The lowest BCUT2D eigenvalue weighted by Crippen LogP contribution is -2.26. The van der Waals surface area contributed by atoms with Crippen LogP contribution in [0, 0.1) is 19.7 Å². The molecule has 0 saturated heterocycles. The lowest BCUT2D eigenvalue weighted by atomic mass is 10.1. The van der Waals surface area contributed by atoms with Crippen molar-refractivity contribution < 1.29 is 12.8 Å². The Kier molecular flexibility index (Phi) is 5.61. The van der Waals surface area contributed by atoms with Crippen LogP contribution in [0.3, 0.4) is 0 Å². The molecule has 0 aromatic heterocycles. The van der Waals surface area contributed by atoms with E-state index >= 15 is 0 Å². The number of hydrogen-bond acceptors (Lipinski definition) is 3. The number of benzene rings is 2. The molecule has 6 heteroatoms. The first-order chi connectivity index (χ1) is 10.4. The van der Waals surface area contributed by atoms with Gasteiger partial charge in [0, 0.05) is 17.2 Å². The van der Waals surface area contributed by atoms with Crippen LogP contribution in [-0.2, 0) is 10.0 Å². The van der Waals surface area contributed by atoms with Gasteiger partial charge in [0.2, 0.25) is 10.0 Å². The van der Waals surface area contributed by atoms with Gasteiger partial charge in [0.05, 0.1) is 0 Å². The molecule has 0 bridgehead atoms. The van der Waals surface area contributed by atoms with Crippen LogP contribution in [0.25, 0.3) is 0 Å². The molecule has 0 radical (unpaired) electrons. The van der Waals surface area contributed by atoms with E-state index in [0.29, 0.717) is 5.75 Å². The zero-order valence-electron chi connectivity index (χ0n) is 12.5. The van der Waals surface area contributed by atoms with Gasteiger partial charge >= 0.3 is 0 Å². The minimum absolute atomic E-state index is 0.244. The van der Waals surface area contributed by atoms with Crippen LogP contribution in [0.15, 0.2) is 52.3 Å². The van der Waals surface area contributed by atoms with Gasteiger partial charge in [0.15, 0.2) is 0 Å². The van der Waals surface area contributed by atoms with E-state index in [9.17, 15) is 12.8 Å². The minimum atomic E-state index is -3.80. The quantitative estimate of drug-likeness (QED) is 0.647. The van der Waals surface area contributed by atoms with Gasteiger partial charge in [-0.2, -0.15) is 0 Å². The summed E-state index contributed by atoms with van der Waals surface area (Å²) in [5.41, 5.74) is 2.43. The zero-order chi connectivity index (χ0) is 16.2. The summed E-state index contributed by atoms with van der Waals surface area (Å²) < 4.78 is 39.9.